The minimum absolute atomic E-state index is 0.143. The third-order valence-corrected chi connectivity index (χ3v) is 7.60. The first-order valence-corrected chi connectivity index (χ1v) is 10.6. The van der Waals surface area contributed by atoms with Crippen molar-refractivity contribution in [2.45, 2.75) is 18.6 Å². The molecule has 2 heterocycles. The zero-order valence-corrected chi connectivity index (χ0v) is 16.6. The number of hydrogen-bond acceptors (Lipinski definition) is 5. The van der Waals surface area contributed by atoms with Gasteiger partial charge in [0.2, 0.25) is 0 Å². The second-order valence-electron chi connectivity index (χ2n) is 5.34. The van der Waals surface area contributed by atoms with E-state index in [0.717, 1.165) is 5.69 Å². The molecule has 1 N–H and O–H groups in total. The molecule has 0 radical (unpaired) electrons. The summed E-state index contributed by atoms with van der Waals surface area (Å²) >= 11 is 7.77. The summed E-state index contributed by atoms with van der Waals surface area (Å²) in [5, 5.41) is 13.3. The molecule has 0 saturated heterocycles. The number of methoxy groups -OCH3 is 1. The number of aromatic hydroxyl groups is 1. The molecule has 4 nitrogen and oxygen atoms in total. The van der Waals surface area contributed by atoms with Crippen molar-refractivity contribution in [1.82, 2.24) is 9.97 Å². The molecule has 0 aliphatic heterocycles. The standard InChI is InChI=1S/C16H16AsClN2O2S/c1-8(2)17-16-20-11(7-23-16)10-6-12(21)9-4-5-13(22-3)14(18)15(9)19-10/h4-8,17H,1-3H3,(H,19,21). The molecule has 23 heavy (non-hydrogen) atoms. The van der Waals surface area contributed by atoms with Gasteiger partial charge in [-0.3, -0.25) is 0 Å². The molecule has 0 aliphatic rings. The molecule has 0 spiro atoms. The number of ether oxygens (including phenoxy) is 1. The molecular weight excluding hydrogens is 395 g/mol. The average molecular weight is 411 g/mol. The van der Waals surface area contributed by atoms with Crippen molar-refractivity contribution < 1.29 is 9.84 Å². The van der Waals surface area contributed by atoms with Crippen LogP contribution in [0, 0.1) is 0 Å². The van der Waals surface area contributed by atoms with E-state index in [1.54, 1.807) is 36.6 Å². The van der Waals surface area contributed by atoms with E-state index in [1.807, 2.05) is 5.38 Å². The minimum atomic E-state index is -0.230. The molecule has 0 aliphatic carbocycles. The van der Waals surface area contributed by atoms with Gasteiger partial charge in [0.25, 0.3) is 0 Å². The maximum absolute atomic E-state index is 10.3. The van der Waals surface area contributed by atoms with E-state index in [9.17, 15) is 5.11 Å². The fraction of sp³-hybridized carbons (Fsp3) is 0.250. The number of rotatable bonds is 4. The van der Waals surface area contributed by atoms with Gasteiger partial charge in [-0.2, -0.15) is 0 Å². The Balaban J connectivity index is 2.11. The number of halogens is 1. The Morgan fingerprint density at radius 3 is 2.74 bits per heavy atom. The van der Waals surface area contributed by atoms with Crippen LogP contribution in [0.1, 0.15) is 13.8 Å². The Kier molecular flexibility index (Phi) is 4.81. The number of thiazole rings is 1. The van der Waals surface area contributed by atoms with Crippen molar-refractivity contribution in [2.75, 3.05) is 7.11 Å². The summed E-state index contributed by atoms with van der Waals surface area (Å²) in [5.41, 5.74) is 1.93. The van der Waals surface area contributed by atoms with Gasteiger partial charge in [0.1, 0.15) is 0 Å². The molecule has 0 saturated carbocycles. The number of benzene rings is 1. The van der Waals surface area contributed by atoms with Crippen LogP contribution in [0.2, 0.25) is 9.73 Å². The monoisotopic (exact) mass is 410 g/mol. The number of hydrogen-bond donors (Lipinski definition) is 1. The van der Waals surface area contributed by atoms with Gasteiger partial charge >= 0.3 is 150 Å². The van der Waals surface area contributed by atoms with Crippen LogP contribution in [0.5, 0.6) is 11.5 Å². The van der Waals surface area contributed by atoms with Gasteiger partial charge in [-0.15, -0.1) is 0 Å². The fourth-order valence-electron chi connectivity index (χ4n) is 2.22. The molecule has 0 bridgehead atoms. The Hall–Kier alpha value is -1.29. The number of fused-ring (bicyclic) bond motifs is 1. The Bertz CT molecular complexity index is 867. The van der Waals surface area contributed by atoms with Crippen LogP contribution in [0.15, 0.2) is 23.6 Å². The summed E-state index contributed by atoms with van der Waals surface area (Å²) in [5.74, 6) is 0.678. The van der Waals surface area contributed by atoms with E-state index in [2.05, 4.69) is 23.8 Å². The van der Waals surface area contributed by atoms with Crippen molar-refractivity contribution in [3.05, 3.63) is 28.6 Å². The van der Waals surface area contributed by atoms with E-state index < -0.39 is 0 Å². The number of aromatic nitrogens is 2. The van der Waals surface area contributed by atoms with Crippen LogP contribution in [0.3, 0.4) is 0 Å². The maximum atomic E-state index is 10.3. The van der Waals surface area contributed by atoms with Gasteiger partial charge in [-0.05, 0) is 0 Å². The van der Waals surface area contributed by atoms with E-state index >= 15 is 0 Å². The SMILES string of the molecule is COc1ccc2c(O)cc(-c3csc([AsH]C(C)C)n3)nc2c1Cl. The van der Waals surface area contributed by atoms with Gasteiger partial charge in [0.05, 0.1) is 0 Å². The van der Waals surface area contributed by atoms with E-state index in [4.69, 9.17) is 16.3 Å². The molecule has 3 rings (SSSR count). The zero-order valence-electron chi connectivity index (χ0n) is 12.9. The quantitative estimate of drug-likeness (QED) is 0.668. The summed E-state index contributed by atoms with van der Waals surface area (Å²) in [6.07, 6.45) is 0. The van der Waals surface area contributed by atoms with Crippen molar-refractivity contribution in [2.24, 2.45) is 0 Å². The van der Waals surface area contributed by atoms with E-state index in [1.165, 1.54) is 3.80 Å². The van der Waals surface area contributed by atoms with Crippen LogP contribution in [-0.2, 0) is 0 Å². The van der Waals surface area contributed by atoms with Crippen LogP contribution in [0.4, 0.5) is 0 Å². The normalized spacial score (nSPS) is 11.9. The topological polar surface area (TPSA) is 55.2 Å². The summed E-state index contributed by atoms with van der Waals surface area (Å²) < 4.78 is 7.08. The van der Waals surface area contributed by atoms with Gasteiger partial charge < -0.3 is 0 Å². The molecule has 0 amide bonds. The van der Waals surface area contributed by atoms with Crippen LogP contribution in [0.25, 0.3) is 22.3 Å². The van der Waals surface area contributed by atoms with Crippen molar-refractivity contribution in [1.29, 1.82) is 0 Å². The molecule has 2 aromatic heterocycles. The number of nitrogens with zero attached hydrogens (tertiary/aromatic N) is 2. The molecule has 3 aromatic rings. The zero-order chi connectivity index (χ0) is 16.6. The second-order valence-corrected chi connectivity index (χ2v) is 11.4. The fourth-order valence-corrected chi connectivity index (χ4v) is 6.56. The predicted molar refractivity (Wildman–Crippen MR) is 98.0 cm³/mol. The molecule has 1 unspecified atom stereocenters. The molecule has 7 heteroatoms. The predicted octanol–water partition coefficient (Wildman–Crippen LogP) is 3.62. The summed E-state index contributed by atoms with van der Waals surface area (Å²) in [7, 11) is 1.56. The van der Waals surface area contributed by atoms with Gasteiger partial charge in [-0.1, -0.05) is 0 Å². The summed E-state index contributed by atoms with van der Waals surface area (Å²) in [6.45, 7) is 4.43. The van der Waals surface area contributed by atoms with Gasteiger partial charge in [-0.25, -0.2) is 0 Å². The van der Waals surface area contributed by atoms with Gasteiger partial charge in [0.15, 0.2) is 0 Å². The van der Waals surface area contributed by atoms with Gasteiger partial charge in [0, 0.05) is 0 Å². The first kappa shape index (κ1) is 16.6. The Labute approximate surface area is 150 Å². The second kappa shape index (κ2) is 6.68. The number of pyridine rings is 1. The van der Waals surface area contributed by atoms with E-state index in [0.29, 0.717) is 32.1 Å². The Morgan fingerprint density at radius 2 is 2.04 bits per heavy atom. The molecule has 1 aromatic carbocycles. The van der Waals surface area contributed by atoms with Crippen molar-refractivity contribution in [3.8, 4) is 22.9 Å². The molecule has 0 fully saturated rings. The van der Waals surface area contributed by atoms with Crippen LogP contribution < -0.4 is 8.53 Å². The van der Waals surface area contributed by atoms with Crippen molar-refractivity contribution in [3.63, 3.8) is 0 Å². The van der Waals surface area contributed by atoms with E-state index in [-0.39, 0.29) is 21.5 Å². The first-order chi connectivity index (χ1) is 11.0. The van der Waals surface area contributed by atoms with Crippen molar-refractivity contribution >= 4 is 53.4 Å². The molecular formula is C16H16AsClN2O2S. The molecule has 120 valence electrons. The van der Waals surface area contributed by atoms with Crippen LogP contribution >= 0.6 is 22.9 Å². The third kappa shape index (κ3) is 3.32. The molecule has 1 atom stereocenters. The summed E-state index contributed by atoms with van der Waals surface area (Å²) in [4.78, 5) is 9.26. The third-order valence-electron chi connectivity index (χ3n) is 3.26. The first-order valence-electron chi connectivity index (χ1n) is 7.08. The Morgan fingerprint density at radius 1 is 1.26 bits per heavy atom. The summed E-state index contributed by atoms with van der Waals surface area (Å²) in [6, 6.07) is 5.11. The average Bonchev–Trinajstić information content (AvgIpc) is 2.96. The van der Waals surface area contributed by atoms with Crippen LogP contribution in [-0.4, -0.2) is 37.9 Å².